The first-order valence-electron chi connectivity index (χ1n) is 6.18. The van der Waals surface area contributed by atoms with Crippen molar-refractivity contribution in [2.24, 2.45) is 5.92 Å². The van der Waals surface area contributed by atoms with Crippen molar-refractivity contribution in [3.05, 3.63) is 0 Å². The molecule has 2 fully saturated rings. The molecule has 0 aromatic heterocycles. The van der Waals surface area contributed by atoms with Gasteiger partial charge >= 0.3 is 0 Å². The fourth-order valence-corrected chi connectivity index (χ4v) is 2.54. The molecule has 86 valence electrons. The van der Waals surface area contributed by atoms with Crippen LogP contribution in [-0.2, 0) is 9.53 Å². The van der Waals surface area contributed by atoms with E-state index in [1.54, 1.807) is 0 Å². The summed E-state index contributed by atoms with van der Waals surface area (Å²) >= 11 is 0. The number of hydrogen-bond acceptors (Lipinski definition) is 2. The van der Waals surface area contributed by atoms with Crippen molar-refractivity contribution < 1.29 is 9.53 Å². The van der Waals surface area contributed by atoms with Crippen LogP contribution < -0.4 is 0 Å². The standard InChI is InChI=1S/C12H21NO2/c1-10-8-11(9-15-10)12(14)13-6-4-2-3-5-7-13/h10-11H,2-9H2,1H3. The highest BCUT2D eigenvalue weighted by Gasteiger charge is 2.31. The SMILES string of the molecule is CC1CC(C(=O)N2CCCCCC2)CO1. The highest BCUT2D eigenvalue weighted by Crippen LogP contribution is 2.22. The van der Waals surface area contributed by atoms with E-state index >= 15 is 0 Å². The summed E-state index contributed by atoms with van der Waals surface area (Å²) in [5.74, 6) is 0.472. The average molecular weight is 211 g/mol. The van der Waals surface area contributed by atoms with Crippen molar-refractivity contribution in [1.29, 1.82) is 0 Å². The molecule has 0 saturated carbocycles. The molecule has 2 aliphatic heterocycles. The zero-order chi connectivity index (χ0) is 10.7. The Morgan fingerprint density at radius 3 is 2.40 bits per heavy atom. The zero-order valence-corrected chi connectivity index (χ0v) is 9.58. The summed E-state index contributed by atoms with van der Waals surface area (Å²) in [5, 5.41) is 0. The van der Waals surface area contributed by atoms with Crippen LogP contribution in [0, 0.1) is 5.92 Å². The van der Waals surface area contributed by atoms with Gasteiger partial charge in [0.05, 0.1) is 18.6 Å². The molecule has 2 aliphatic rings. The Morgan fingerprint density at radius 1 is 1.20 bits per heavy atom. The van der Waals surface area contributed by atoms with Crippen LogP contribution in [0.15, 0.2) is 0 Å². The second-order valence-corrected chi connectivity index (χ2v) is 4.82. The van der Waals surface area contributed by atoms with E-state index in [-0.39, 0.29) is 12.0 Å². The molecule has 15 heavy (non-hydrogen) atoms. The molecular weight excluding hydrogens is 190 g/mol. The maximum atomic E-state index is 12.1. The first kappa shape index (κ1) is 10.9. The van der Waals surface area contributed by atoms with Crippen molar-refractivity contribution in [2.45, 2.75) is 45.1 Å². The maximum Gasteiger partial charge on any atom is 0.228 e. The number of hydrogen-bond donors (Lipinski definition) is 0. The van der Waals surface area contributed by atoms with Gasteiger partial charge in [0.1, 0.15) is 0 Å². The molecule has 0 aromatic rings. The van der Waals surface area contributed by atoms with Crippen LogP contribution in [0.2, 0.25) is 0 Å². The molecule has 2 atom stereocenters. The van der Waals surface area contributed by atoms with Crippen LogP contribution in [0.1, 0.15) is 39.0 Å². The van der Waals surface area contributed by atoms with Crippen LogP contribution >= 0.6 is 0 Å². The summed E-state index contributed by atoms with van der Waals surface area (Å²) in [4.78, 5) is 14.2. The molecule has 2 heterocycles. The van der Waals surface area contributed by atoms with Gasteiger partial charge in [-0.05, 0) is 26.2 Å². The Bertz CT molecular complexity index is 222. The molecule has 3 nitrogen and oxygen atoms in total. The van der Waals surface area contributed by atoms with Crippen molar-refractivity contribution in [3.8, 4) is 0 Å². The summed E-state index contributed by atoms with van der Waals surface area (Å²) < 4.78 is 5.46. The number of carbonyl (C=O) groups excluding carboxylic acids is 1. The van der Waals surface area contributed by atoms with Gasteiger partial charge in [-0.3, -0.25) is 4.79 Å². The Labute approximate surface area is 91.8 Å². The smallest absolute Gasteiger partial charge is 0.228 e. The van der Waals surface area contributed by atoms with Gasteiger partial charge in [0.25, 0.3) is 0 Å². The van der Waals surface area contributed by atoms with Crippen LogP contribution in [-0.4, -0.2) is 36.6 Å². The van der Waals surface area contributed by atoms with Gasteiger partial charge in [-0.2, -0.15) is 0 Å². The maximum absolute atomic E-state index is 12.1. The van der Waals surface area contributed by atoms with Gasteiger partial charge in [0.2, 0.25) is 5.91 Å². The van der Waals surface area contributed by atoms with Crippen LogP contribution in [0.4, 0.5) is 0 Å². The van der Waals surface area contributed by atoms with E-state index in [0.717, 1.165) is 19.5 Å². The summed E-state index contributed by atoms with van der Waals surface area (Å²) in [6.07, 6.45) is 6.09. The van der Waals surface area contributed by atoms with Crippen molar-refractivity contribution in [2.75, 3.05) is 19.7 Å². The van der Waals surface area contributed by atoms with Gasteiger partial charge in [-0.15, -0.1) is 0 Å². The first-order valence-corrected chi connectivity index (χ1v) is 6.18. The lowest BCUT2D eigenvalue weighted by atomic mass is 10.0. The van der Waals surface area contributed by atoms with Crippen LogP contribution in [0.25, 0.3) is 0 Å². The molecule has 0 N–H and O–H groups in total. The molecular formula is C12H21NO2. The number of carbonyl (C=O) groups is 1. The minimum Gasteiger partial charge on any atom is -0.378 e. The summed E-state index contributed by atoms with van der Waals surface area (Å²) in [7, 11) is 0. The molecule has 2 unspecified atom stereocenters. The van der Waals surface area contributed by atoms with Crippen molar-refractivity contribution in [3.63, 3.8) is 0 Å². The van der Waals surface area contributed by atoms with E-state index in [4.69, 9.17) is 4.74 Å². The summed E-state index contributed by atoms with van der Waals surface area (Å²) in [6, 6.07) is 0. The predicted molar refractivity (Wildman–Crippen MR) is 58.6 cm³/mol. The number of ether oxygens (including phenoxy) is 1. The number of likely N-dealkylation sites (tertiary alicyclic amines) is 1. The van der Waals surface area contributed by atoms with E-state index in [9.17, 15) is 4.79 Å². The normalized spacial score (nSPS) is 32.7. The van der Waals surface area contributed by atoms with E-state index in [0.29, 0.717) is 12.5 Å². The second kappa shape index (κ2) is 4.97. The van der Waals surface area contributed by atoms with Crippen LogP contribution in [0.3, 0.4) is 0 Å². The molecule has 0 aliphatic carbocycles. The zero-order valence-electron chi connectivity index (χ0n) is 9.58. The minimum absolute atomic E-state index is 0.137. The predicted octanol–water partition coefficient (Wildman–Crippen LogP) is 1.81. The lowest BCUT2D eigenvalue weighted by Crippen LogP contribution is -2.37. The van der Waals surface area contributed by atoms with Gasteiger partial charge in [-0.25, -0.2) is 0 Å². The Morgan fingerprint density at radius 2 is 1.87 bits per heavy atom. The number of amides is 1. The third-order valence-corrected chi connectivity index (χ3v) is 3.47. The molecule has 1 amide bonds. The van der Waals surface area contributed by atoms with Gasteiger partial charge in [0.15, 0.2) is 0 Å². The Hall–Kier alpha value is -0.570. The summed E-state index contributed by atoms with van der Waals surface area (Å²) in [5.41, 5.74) is 0. The van der Waals surface area contributed by atoms with Gasteiger partial charge in [0, 0.05) is 13.1 Å². The molecule has 2 saturated heterocycles. The lowest BCUT2D eigenvalue weighted by Gasteiger charge is -2.23. The lowest BCUT2D eigenvalue weighted by molar-refractivity contribution is -0.135. The first-order chi connectivity index (χ1) is 7.27. The van der Waals surface area contributed by atoms with Gasteiger partial charge < -0.3 is 9.64 Å². The topological polar surface area (TPSA) is 29.5 Å². The van der Waals surface area contributed by atoms with E-state index in [1.807, 2.05) is 0 Å². The quantitative estimate of drug-likeness (QED) is 0.662. The fraction of sp³-hybridized carbons (Fsp3) is 0.917. The Kier molecular flexibility index (Phi) is 3.62. The molecule has 0 aromatic carbocycles. The van der Waals surface area contributed by atoms with Crippen molar-refractivity contribution >= 4 is 5.91 Å². The number of rotatable bonds is 1. The minimum atomic E-state index is 0.137. The largest absolute Gasteiger partial charge is 0.378 e. The molecule has 2 rings (SSSR count). The second-order valence-electron chi connectivity index (χ2n) is 4.82. The van der Waals surface area contributed by atoms with Crippen molar-refractivity contribution in [1.82, 2.24) is 4.90 Å². The fourth-order valence-electron chi connectivity index (χ4n) is 2.54. The van der Waals surface area contributed by atoms with E-state index in [1.165, 1.54) is 25.7 Å². The van der Waals surface area contributed by atoms with E-state index < -0.39 is 0 Å². The molecule has 0 radical (unpaired) electrons. The van der Waals surface area contributed by atoms with Gasteiger partial charge in [-0.1, -0.05) is 12.8 Å². The number of nitrogens with zero attached hydrogens (tertiary/aromatic N) is 1. The molecule has 0 spiro atoms. The summed E-state index contributed by atoms with van der Waals surface area (Å²) in [6.45, 7) is 4.61. The highest BCUT2D eigenvalue weighted by molar-refractivity contribution is 5.79. The molecule has 3 heteroatoms. The van der Waals surface area contributed by atoms with E-state index in [2.05, 4.69) is 11.8 Å². The van der Waals surface area contributed by atoms with Crippen LogP contribution in [0.5, 0.6) is 0 Å². The monoisotopic (exact) mass is 211 g/mol. The third kappa shape index (κ3) is 2.71. The third-order valence-electron chi connectivity index (χ3n) is 3.47. The highest BCUT2D eigenvalue weighted by atomic mass is 16.5. The Balaban J connectivity index is 1.88. The molecule has 0 bridgehead atoms. The average Bonchev–Trinajstić information content (AvgIpc) is 2.53.